The molecular weight excluding hydrogens is 368 g/mol. The number of para-hydroxylation sites is 1. The summed E-state index contributed by atoms with van der Waals surface area (Å²) in [5.41, 5.74) is 3.91. The summed E-state index contributed by atoms with van der Waals surface area (Å²) in [5, 5.41) is 18.9. The van der Waals surface area contributed by atoms with Gasteiger partial charge in [-0.3, -0.25) is 15.1 Å². The fraction of sp³-hybridized carbons (Fsp3) is 0.0952. The smallest absolute Gasteiger partial charge is 0.334 e. The maximum absolute atomic E-state index is 11.9. The van der Waals surface area contributed by atoms with E-state index in [9.17, 15) is 10.1 Å². The SMILES string of the molecule is Cc1cc(C)cc(Nc2ncnc(Nc3cccc4cccnc34)c2[N+](=O)[O-])c1. The summed E-state index contributed by atoms with van der Waals surface area (Å²) in [6, 6.07) is 15.2. The number of fused-ring (bicyclic) bond motifs is 1. The molecule has 0 fully saturated rings. The lowest BCUT2D eigenvalue weighted by atomic mass is 10.1. The normalized spacial score (nSPS) is 10.7. The fourth-order valence-corrected chi connectivity index (χ4v) is 3.25. The van der Waals surface area contributed by atoms with Crippen LogP contribution in [0.1, 0.15) is 11.1 Å². The van der Waals surface area contributed by atoms with Crippen LogP contribution in [0.25, 0.3) is 10.9 Å². The average molecular weight is 386 g/mol. The van der Waals surface area contributed by atoms with Gasteiger partial charge in [-0.25, -0.2) is 9.97 Å². The molecule has 29 heavy (non-hydrogen) atoms. The Morgan fingerprint density at radius 3 is 2.31 bits per heavy atom. The van der Waals surface area contributed by atoms with Gasteiger partial charge in [0.2, 0.25) is 11.6 Å². The Labute approximate surface area is 166 Å². The second kappa shape index (κ2) is 7.51. The van der Waals surface area contributed by atoms with Crippen LogP contribution in [0.3, 0.4) is 0 Å². The van der Waals surface area contributed by atoms with Crippen LogP contribution in [0.5, 0.6) is 0 Å². The first kappa shape index (κ1) is 18.3. The number of anilines is 4. The molecule has 0 bridgehead atoms. The van der Waals surface area contributed by atoms with Crippen molar-refractivity contribution in [3.8, 4) is 0 Å². The molecular formula is C21H18N6O2. The van der Waals surface area contributed by atoms with E-state index in [1.807, 2.05) is 56.3 Å². The molecule has 144 valence electrons. The van der Waals surface area contributed by atoms with E-state index in [4.69, 9.17) is 0 Å². The van der Waals surface area contributed by atoms with Crippen LogP contribution >= 0.6 is 0 Å². The van der Waals surface area contributed by atoms with Crippen LogP contribution in [0.15, 0.2) is 61.1 Å². The van der Waals surface area contributed by atoms with Gasteiger partial charge in [0.1, 0.15) is 6.33 Å². The maximum Gasteiger partial charge on any atom is 0.353 e. The van der Waals surface area contributed by atoms with Gasteiger partial charge in [-0.05, 0) is 49.2 Å². The molecule has 0 spiro atoms. The van der Waals surface area contributed by atoms with Crippen LogP contribution in [0.2, 0.25) is 0 Å². The largest absolute Gasteiger partial charge is 0.353 e. The highest BCUT2D eigenvalue weighted by molar-refractivity contribution is 5.93. The summed E-state index contributed by atoms with van der Waals surface area (Å²) in [7, 11) is 0. The Balaban J connectivity index is 1.76. The molecule has 0 aliphatic rings. The number of aryl methyl sites for hydroxylation is 2. The van der Waals surface area contributed by atoms with E-state index in [2.05, 4.69) is 25.6 Å². The predicted octanol–water partition coefficient (Wildman–Crippen LogP) is 5.04. The fourth-order valence-electron chi connectivity index (χ4n) is 3.25. The third-order valence-corrected chi connectivity index (χ3v) is 4.38. The number of benzene rings is 2. The molecule has 2 N–H and O–H groups in total. The topological polar surface area (TPSA) is 106 Å². The van der Waals surface area contributed by atoms with Crippen molar-refractivity contribution in [1.29, 1.82) is 0 Å². The standard InChI is InChI=1S/C21H18N6O2/c1-13-9-14(2)11-16(10-13)25-20-19(27(28)29)21(24-12-23-20)26-17-7-3-5-15-6-4-8-22-18(15)17/h3-12H,1-2H3,(H2,23,24,25,26). The Morgan fingerprint density at radius 2 is 1.59 bits per heavy atom. The number of nitro groups is 1. The molecule has 0 unspecified atom stereocenters. The highest BCUT2D eigenvalue weighted by atomic mass is 16.6. The highest BCUT2D eigenvalue weighted by Gasteiger charge is 2.24. The molecule has 4 aromatic rings. The van der Waals surface area contributed by atoms with E-state index in [0.29, 0.717) is 11.2 Å². The molecule has 0 aliphatic heterocycles. The van der Waals surface area contributed by atoms with Gasteiger partial charge >= 0.3 is 5.69 Å². The van der Waals surface area contributed by atoms with E-state index in [0.717, 1.165) is 22.2 Å². The van der Waals surface area contributed by atoms with Gasteiger partial charge in [0, 0.05) is 17.3 Å². The van der Waals surface area contributed by atoms with Gasteiger partial charge in [0.05, 0.1) is 16.1 Å². The number of nitrogens with zero attached hydrogens (tertiary/aromatic N) is 4. The summed E-state index contributed by atoms with van der Waals surface area (Å²) in [5.74, 6) is 0.209. The van der Waals surface area contributed by atoms with Crippen molar-refractivity contribution in [1.82, 2.24) is 15.0 Å². The average Bonchev–Trinajstić information content (AvgIpc) is 2.67. The summed E-state index contributed by atoms with van der Waals surface area (Å²) < 4.78 is 0. The van der Waals surface area contributed by atoms with Crippen molar-refractivity contribution >= 4 is 39.6 Å². The molecule has 0 aliphatic carbocycles. The van der Waals surface area contributed by atoms with E-state index in [-0.39, 0.29) is 17.3 Å². The minimum atomic E-state index is -0.494. The number of rotatable bonds is 5. The lowest BCUT2D eigenvalue weighted by molar-refractivity contribution is -0.383. The van der Waals surface area contributed by atoms with Gasteiger partial charge in [0.15, 0.2) is 0 Å². The number of nitrogens with one attached hydrogen (secondary N) is 2. The van der Waals surface area contributed by atoms with Crippen LogP contribution < -0.4 is 10.6 Å². The molecule has 8 nitrogen and oxygen atoms in total. The predicted molar refractivity (Wildman–Crippen MR) is 113 cm³/mol. The van der Waals surface area contributed by atoms with Crippen molar-refractivity contribution in [3.05, 3.63) is 82.3 Å². The van der Waals surface area contributed by atoms with Gasteiger partial charge in [-0.1, -0.05) is 24.3 Å². The summed E-state index contributed by atoms with van der Waals surface area (Å²) in [4.78, 5) is 23.9. The number of aromatic nitrogens is 3. The first-order valence-electron chi connectivity index (χ1n) is 8.97. The molecule has 2 aromatic heterocycles. The lowest BCUT2D eigenvalue weighted by Gasteiger charge is -2.12. The number of hydrogen-bond donors (Lipinski definition) is 2. The van der Waals surface area contributed by atoms with Crippen molar-refractivity contribution in [2.24, 2.45) is 0 Å². The van der Waals surface area contributed by atoms with E-state index >= 15 is 0 Å². The Hall–Kier alpha value is -4.07. The van der Waals surface area contributed by atoms with Gasteiger partial charge in [-0.15, -0.1) is 0 Å². The Morgan fingerprint density at radius 1 is 0.897 bits per heavy atom. The van der Waals surface area contributed by atoms with Crippen molar-refractivity contribution in [3.63, 3.8) is 0 Å². The second-order valence-corrected chi connectivity index (χ2v) is 6.68. The summed E-state index contributed by atoms with van der Waals surface area (Å²) in [6.07, 6.45) is 2.97. The lowest BCUT2D eigenvalue weighted by Crippen LogP contribution is -2.06. The van der Waals surface area contributed by atoms with E-state index < -0.39 is 4.92 Å². The van der Waals surface area contributed by atoms with E-state index in [1.54, 1.807) is 12.3 Å². The van der Waals surface area contributed by atoms with Crippen molar-refractivity contribution in [2.75, 3.05) is 10.6 Å². The molecule has 8 heteroatoms. The van der Waals surface area contributed by atoms with Gasteiger partial charge in [-0.2, -0.15) is 0 Å². The van der Waals surface area contributed by atoms with Crippen LogP contribution in [-0.4, -0.2) is 19.9 Å². The van der Waals surface area contributed by atoms with Crippen LogP contribution in [0, 0.1) is 24.0 Å². The molecule has 0 amide bonds. The van der Waals surface area contributed by atoms with Crippen LogP contribution in [-0.2, 0) is 0 Å². The molecule has 0 saturated heterocycles. The van der Waals surface area contributed by atoms with Gasteiger partial charge < -0.3 is 10.6 Å². The monoisotopic (exact) mass is 386 g/mol. The Kier molecular flexibility index (Phi) is 4.74. The minimum absolute atomic E-state index is 0.0926. The zero-order valence-electron chi connectivity index (χ0n) is 15.9. The molecule has 0 atom stereocenters. The van der Waals surface area contributed by atoms with Crippen LogP contribution in [0.4, 0.5) is 28.7 Å². The second-order valence-electron chi connectivity index (χ2n) is 6.68. The number of pyridine rings is 1. The molecule has 0 radical (unpaired) electrons. The molecule has 2 heterocycles. The quantitative estimate of drug-likeness (QED) is 0.366. The molecule has 0 saturated carbocycles. The maximum atomic E-state index is 11.9. The first-order valence-corrected chi connectivity index (χ1v) is 8.97. The first-order chi connectivity index (χ1) is 14.0. The highest BCUT2D eigenvalue weighted by Crippen LogP contribution is 2.34. The van der Waals surface area contributed by atoms with Gasteiger partial charge in [0.25, 0.3) is 0 Å². The third-order valence-electron chi connectivity index (χ3n) is 4.38. The minimum Gasteiger partial charge on any atom is -0.334 e. The molecule has 2 aromatic carbocycles. The zero-order valence-corrected chi connectivity index (χ0v) is 15.9. The summed E-state index contributed by atoms with van der Waals surface area (Å²) in [6.45, 7) is 3.93. The van der Waals surface area contributed by atoms with Crippen molar-refractivity contribution in [2.45, 2.75) is 13.8 Å². The Bertz CT molecular complexity index is 1200. The van der Waals surface area contributed by atoms with E-state index in [1.165, 1.54) is 6.33 Å². The molecule has 4 rings (SSSR count). The summed E-state index contributed by atoms with van der Waals surface area (Å²) >= 11 is 0. The zero-order chi connectivity index (χ0) is 20.4. The number of hydrogen-bond acceptors (Lipinski definition) is 7. The third kappa shape index (κ3) is 3.81. The van der Waals surface area contributed by atoms with Crippen molar-refractivity contribution < 1.29 is 4.92 Å².